The summed E-state index contributed by atoms with van der Waals surface area (Å²) < 4.78 is 6.90. The van der Waals surface area contributed by atoms with Crippen molar-refractivity contribution in [2.24, 2.45) is 0 Å². The summed E-state index contributed by atoms with van der Waals surface area (Å²) in [5.74, 6) is 1.77. The Morgan fingerprint density at radius 3 is 2.86 bits per heavy atom. The summed E-state index contributed by atoms with van der Waals surface area (Å²) in [5.41, 5.74) is 2.04. The molecule has 0 bridgehead atoms. The van der Waals surface area contributed by atoms with Crippen LogP contribution in [0.1, 0.15) is 19.8 Å². The van der Waals surface area contributed by atoms with Crippen molar-refractivity contribution >= 4 is 27.4 Å². The largest absolute Gasteiger partial charge is 0.494 e. The summed E-state index contributed by atoms with van der Waals surface area (Å²) in [5, 5.41) is 4.00. The summed E-state index contributed by atoms with van der Waals surface area (Å²) >= 11 is 1.67. The van der Waals surface area contributed by atoms with Crippen LogP contribution in [0.4, 0.5) is 5.82 Å². The molecule has 2 aromatic heterocycles. The molecule has 0 radical (unpaired) electrons. The second-order valence-corrected chi connectivity index (χ2v) is 6.06. The molecule has 5 heteroatoms. The molecule has 22 heavy (non-hydrogen) atoms. The molecule has 1 N–H and O–H groups in total. The summed E-state index contributed by atoms with van der Waals surface area (Å²) in [4.78, 5) is 9.02. The van der Waals surface area contributed by atoms with Crippen LogP contribution < -0.4 is 10.1 Å². The summed E-state index contributed by atoms with van der Waals surface area (Å²) in [6.45, 7) is 2.93. The molecule has 2 heterocycles. The lowest BCUT2D eigenvalue weighted by Crippen LogP contribution is -1.95. The molecule has 0 fully saturated rings. The fourth-order valence-corrected chi connectivity index (χ4v) is 3.11. The molecule has 0 spiro atoms. The third-order valence-corrected chi connectivity index (χ3v) is 4.46. The number of unbranched alkanes of at least 4 members (excludes halogenated alkanes) is 1. The van der Waals surface area contributed by atoms with Gasteiger partial charge in [-0.05, 0) is 36.8 Å². The van der Waals surface area contributed by atoms with Gasteiger partial charge in [0.2, 0.25) is 0 Å². The average Bonchev–Trinajstić information content (AvgIpc) is 2.98. The fraction of sp³-hybridized carbons (Fsp3) is 0.294. The van der Waals surface area contributed by atoms with E-state index in [1.54, 1.807) is 11.3 Å². The minimum absolute atomic E-state index is 0.767. The van der Waals surface area contributed by atoms with Gasteiger partial charge in [-0.2, -0.15) is 0 Å². The molecule has 0 unspecified atom stereocenters. The number of pyridine rings is 1. The Bertz CT molecular complexity index is 752. The first-order valence-electron chi connectivity index (χ1n) is 7.47. The number of anilines is 1. The van der Waals surface area contributed by atoms with Crippen LogP contribution in [0, 0.1) is 0 Å². The molecule has 0 aliphatic heterocycles. The lowest BCUT2D eigenvalue weighted by Gasteiger charge is -2.04. The first-order valence-corrected chi connectivity index (χ1v) is 8.29. The van der Waals surface area contributed by atoms with E-state index in [-0.39, 0.29) is 0 Å². The zero-order chi connectivity index (χ0) is 15.4. The van der Waals surface area contributed by atoms with Crippen molar-refractivity contribution in [1.29, 1.82) is 0 Å². The molecule has 3 rings (SSSR count). The van der Waals surface area contributed by atoms with Crippen LogP contribution in [0.25, 0.3) is 20.8 Å². The quantitative estimate of drug-likeness (QED) is 0.677. The number of nitrogens with one attached hydrogen (secondary N) is 1. The molecule has 0 saturated heterocycles. The number of hydrogen-bond acceptors (Lipinski definition) is 5. The molecule has 0 saturated carbocycles. The van der Waals surface area contributed by atoms with Gasteiger partial charge in [0.1, 0.15) is 16.6 Å². The van der Waals surface area contributed by atoms with Crippen molar-refractivity contribution in [2.45, 2.75) is 19.8 Å². The van der Waals surface area contributed by atoms with Gasteiger partial charge in [-0.25, -0.2) is 9.97 Å². The molecular weight excluding hydrogens is 294 g/mol. The number of rotatable bonds is 6. The second kappa shape index (κ2) is 6.75. The van der Waals surface area contributed by atoms with E-state index < -0.39 is 0 Å². The van der Waals surface area contributed by atoms with Crippen LogP contribution in [0.5, 0.6) is 5.75 Å². The molecular formula is C17H19N3OS. The first-order chi connectivity index (χ1) is 10.8. The van der Waals surface area contributed by atoms with Crippen molar-refractivity contribution in [3.63, 3.8) is 0 Å². The zero-order valence-electron chi connectivity index (χ0n) is 12.8. The Labute approximate surface area is 134 Å². The minimum atomic E-state index is 0.767. The average molecular weight is 313 g/mol. The molecule has 1 aromatic carbocycles. The van der Waals surface area contributed by atoms with Gasteiger partial charge >= 0.3 is 0 Å². The number of aromatic nitrogens is 2. The van der Waals surface area contributed by atoms with Crippen LogP contribution in [-0.4, -0.2) is 23.6 Å². The van der Waals surface area contributed by atoms with E-state index in [1.807, 2.05) is 37.5 Å². The van der Waals surface area contributed by atoms with Crippen LogP contribution >= 0.6 is 11.3 Å². The van der Waals surface area contributed by atoms with Crippen molar-refractivity contribution in [3.8, 4) is 16.3 Å². The predicted molar refractivity (Wildman–Crippen MR) is 92.8 cm³/mol. The molecule has 0 atom stereocenters. The Morgan fingerprint density at radius 1 is 1.23 bits per heavy atom. The van der Waals surface area contributed by atoms with E-state index in [9.17, 15) is 0 Å². The molecule has 3 aromatic rings. The van der Waals surface area contributed by atoms with Gasteiger partial charge < -0.3 is 10.1 Å². The number of fused-ring (bicyclic) bond motifs is 1. The maximum atomic E-state index is 5.76. The van der Waals surface area contributed by atoms with E-state index in [1.165, 1.54) is 0 Å². The maximum Gasteiger partial charge on any atom is 0.126 e. The predicted octanol–water partition coefficient (Wildman–Crippen LogP) is 4.58. The molecule has 114 valence electrons. The highest BCUT2D eigenvalue weighted by Gasteiger charge is 2.08. The molecule has 4 nitrogen and oxygen atoms in total. The molecule has 0 aliphatic rings. The maximum absolute atomic E-state index is 5.76. The second-order valence-electron chi connectivity index (χ2n) is 5.03. The van der Waals surface area contributed by atoms with Crippen LogP contribution in [0.2, 0.25) is 0 Å². The fourth-order valence-electron chi connectivity index (χ4n) is 2.12. The Balaban J connectivity index is 1.85. The number of ether oxygens (including phenoxy) is 1. The SMILES string of the molecule is CCCCOc1ccc2nc(-c3ccc(NC)nc3)sc2c1. The Kier molecular flexibility index (Phi) is 4.53. The lowest BCUT2D eigenvalue weighted by molar-refractivity contribution is 0.310. The number of benzene rings is 1. The van der Waals surface area contributed by atoms with Crippen molar-refractivity contribution in [3.05, 3.63) is 36.5 Å². The van der Waals surface area contributed by atoms with Gasteiger partial charge in [0.15, 0.2) is 0 Å². The van der Waals surface area contributed by atoms with E-state index >= 15 is 0 Å². The first kappa shape index (κ1) is 14.8. The van der Waals surface area contributed by atoms with E-state index in [0.717, 1.165) is 51.8 Å². The summed E-state index contributed by atoms with van der Waals surface area (Å²) in [6, 6.07) is 10.1. The normalized spacial score (nSPS) is 10.8. The van der Waals surface area contributed by atoms with Gasteiger partial charge in [0, 0.05) is 18.8 Å². The monoisotopic (exact) mass is 313 g/mol. The molecule has 0 aliphatic carbocycles. The van der Waals surface area contributed by atoms with E-state index in [4.69, 9.17) is 4.74 Å². The Morgan fingerprint density at radius 2 is 2.14 bits per heavy atom. The molecule has 0 amide bonds. The third-order valence-electron chi connectivity index (χ3n) is 3.39. The van der Waals surface area contributed by atoms with Gasteiger partial charge in [-0.1, -0.05) is 13.3 Å². The summed E-state index contributed by atoms with van der Waals surface area (Å²) in [7, 11) is 1.86. The lowest BCUT2D eigenvalue weighted by atomic mass is 10.3. The standard InChI is InChI=1S/C17H19N3OS/c1-3-4-9-21-13-6-7-14-15(10-13)22-17(20-14)12-5-8-16(18-2)19-11-12/h5-8,10-11H,3-4,9H2,1-2H3,(H,18,19). The van der Waals surface area contributed by atoms with Crippen molar-refractivity contribution < 1.29 is 4.74 Å². The van der Waals surface area contributed by atoms with Crippen molar-refractivity contribution in [1.82, 2.24) is 9.97 Å². The number of hydrogen-bond donors (Lipinski definition) is 1. The Hall–Kier alpha value is -2.14. The topological polar surface area (TPSA) is 47.0 Å². The summed E-state index contributed by atoms with van der Waals surface area (Å²) in [6.07, 6.45) is 4.07. The smallest absolute Gasteiger partial charge is 0.126 e. The van der Waals surface area contributed by atoms with Crippen molar-refractivity contribution in [2.75, 3.05) is 19.0 Å². The zero-order valence-corrected chi connectivity index (χ0v) is 13.6. The highest BCUT2D eigenvalue weighted by atomic mass is 32.1. The third kappa shape index (κ3) is 3.20. The van der Waals surface area contributed by atoms with Crippen LogP contribution in [-0.2, 0) is 0 Å². The van der Waals surface area contributed by atoms with E-state index in [0.29, 0.717) is 0 Å². The highest BCUT2D eigenvalue weighted by Crippen LogP contribution is 2.32. The number of nitrogens with zero attached hydrogens (tertiary/aromatic N) is 2. The number of thiazole rings is 1. The van der Waals surface area contributed by atoms with Gasteiger partial charge in [-0.3, -0.25) is 0 Å². The van der Waals surface area contributed by atoms with Crippen LogP contribution in [0.3, 0.4) is 0 Å². The highest BCUT2D eigenvalue weighted by molar-refractivity contribution is 7.21. The minimum Gasteiger partial charge on any atom is -0.494 e. The van der Waals surface area contributed by atoms with Gasteiger partial charge in [0.25, 0.3) is 0 Å². The van der Waals surface area contributed by atoms with Gasteiger partial charge in [-0.15, -0.1) is 11.3 Å². The van der Waals surface area contributed by atoms with E-state index in [2.05, 4.69) is 28.3 Å². The van der Waals surface area contributed by atoms with Gasteiger partial charge in [0.05, 0.1) is 16.8 Å². The van der Waals surface area contributed by atoms with Crippen LogP contribution in [0.15, 0.2) is 36.5 Å².